The molecule has 2 atom stereocenters. The maximum atomic E-state index is 13.2. The van der Waals surface area contributed by atoms with E-state index in [2.05, 4.69) is 36.5 Å². The number of aryl methyl sites for hydroxylation is 1. The Morgan fingerprint density at radius 2 is 1.92 bits per heavy atom. The van der Waals surface area contributed by atoms with E-state index in [-0.39, 0.29) is 23.2 Å². The van der Waals surface area contributed by atoms with Crippen molar-refractivity contribution in [3.8, 4) is 0 Å². The SMILES string of the molecule is CC(NC(=O)CCl)C1CCN(C(=O)C2(C)CCc3ccccc3C2)CC1. The fourth-order valence-electron chi connectivity index (χ4n) is 4.47. The monoisotopic (exact) mass is 376 g/mol. The van der Waals surface area contributed by atoms with Crippen LogP contribution >= 0.6 is 11.6 Å². The Kier molecular flexibility index (Phi) is 5.91. The summed E-state index contributed by atoms with van der Waals surface area (Å²) in [5.74, 6) is 0.585. The summed E-state index contributed by atoms with van der Waals surface area (Å²) in [4.78, 5) is 26.7. The van der Waals surface area contributed by atoms with Crippen molar-refractivity contribution in [3.05, 3.63) is 35.4 Å². The van der Waals surface area contributed by atoms with Crippen LogP contribution in [0.2, 0.25) is 0 Å². The molecule has 1 N–H and O–H groups in total. The molecule has 2 amide bonds. The second-order valence-corrected chi connectivity index (χ2v) is 8.39. The van der Waals surface area contributed by atoms with Gasteiger partial charge >= 0.3 is 0 Å². The van der Waals surface area contributed by atoms with E-state index in [1.165, 1.54) is 11.1 Å². The Bertz CT molecular complexity index is 670. The van der Waals surface area contributed by atoms with Crippen molar-refractivity contribution in [1.82, 2.24) is 10.2 Å². The number of fused-ring (bicyclic) bond motifs is 1. The number of hydrogen-bond acceptors (Lipinski definition) is 2. The Morgan fingerprint density at radius 3 is 2.58 bits per heavy atom. The molecule has 0 radical (unpaired) electrons. The molecule has 0 aromatic heterocycles. The highest BCUT2D eigenvalue weighted by Crippen LogP contribution is 2.37. The van der Waals surface area contributed by atoms with Crippen LogP contribution in [-0.4, -0.2) is 41.7 Å². The van der Waals surface area contributed by atoms with Crippen LogP contribution in [0.15, 0.2) is 24.3 Å². The molecule has 1 heterocycles. The van der Waals surface area contributed by atoms with Crippen LogP contribution in [0.4, 0.5) is 0 Å². The predicted octanol–water partition coefficient (Wildman–Crippen LogP) is 3.16. The van der Waals surface area contributed by atoms with Gasteiger partial charge in [-0.05, 0) is 56.1 Å². The molecule has 1 aliphatic heterocycles. The van der Waals surface area contributed by atoms with Gasteiger partial charge in [0, 0.05) is 19.1 Å². The highest BCUT2D eigenvalue weighted by Gasteiger charge is 2.40. The number of carbonyl (C=O) groups excluding carboxylic acids is 2. The zero-order valence-electron chi connectivity index (χ0n) is 15.8. The summed E-state index contributed by atoms with van der Waals surface area (Å²) < 4.78 is 0. The van der Waals surface area contributed by atoms with Crippen molar-refractivity contribution in [2.45, 2.75) is 52.0 Å². The number of likely N-dealkylation sites (tertiary alicyclic amines) is 1. The van der Waals surface area contributed by atoms with Crippen LogP contribution < -0.4 is 5.32 Å². The van der Waals surface area contributed by atoms with Crippen molar-refractivity contribution in [2.75, 3.05) is 19.0 Å². The van der Waals surface area contributed by atoms with Gasteiger partial charge in [0.1, 0.15) is 5.88 Å². The average Bonchev–Trinajstić information content (AvgIpc) is 2.67. The molecule has 1 fully saturated rings. The standard InChI is InChI=1S/C21H29ClN2O2/c1-15(23-19(25)14-22)16-8-11-24(12-9-16)20(26)21(2)10-7-17-5-3-4-6-18(17)13-21/h3-6,15-16H,7-14H2,1-2H3,(H,23,25). The van der Waals surface area contributed by atoms with Crippen molar-refractivity contribution in [3.63, 3.8) is 0 Å². The quantitative estimate of drug-likeness (QED) is 0.820. The summed E-state index contributed by atoms with van der Waals surface area (Å²) >= 11 is 5.57. The topological polar surface area (TPSA) is 49.4 Å². The Hall–Kier alpha value is -1.55. The van der Waals surface area contributed by atoms with Gasteiger partial charge in [-0.25, -0.2) is 0 Å². The lowest BCUT2D eigenvalue weighted by molar-refractivity contribution is -0.143. The van der Waals surface area contributed by atoms with Gasteiger partial charge in [0.15, 0.2) is 0 Å². The summed E-state index contributed by atoms with van der Waals surface area (Å²) in [5, 5.41) is 2.95. The molecule has 1 aliphatic carbocycles. The lowest BCUT2D eigenvalue weighted by Gasteiger charge is -2.41. The van der Waals surface area contributed by atoms with Gasteiger partial charge in [0.05, 0.1) is 5.41 Å². The second kappa shape index (κ2) is 7.99. The third-order valence-corrected chi connectivity index (χ3v) is 6.45. The molecule has 0 spiro atoms. The van der Waals surface area contributed by atoms with E-state index in [0.29, 0.717) is 11.8 Å². The third-order valence-electron chi connectivity index (χ3n) is 6.21. The molecule has 1 aromatic rings. The number of nitrogens with zero attached hydrogens (tertiary/aromatic N) is 1. The maximum absolute atomic E-state index is 13.2. The van der Waals surface area contributed by atoms with E-state index in [1.807, 2.05) is 11.8 Å². The van der Waals surface area contributed by atoms with E-state index >= 15 is 0 Å². The first kappa shape index (κ1) is 19.2. The molecule has 3 rings (SSSR count). The zero-order valence-corrected chi connectivity index (χ0v) is 16.5. The zero-order chi connectivity index (χ0) is 18.7. The number of piperidine rings is 1. The molecule has 1 aromatic carbocycles. The average molecular weight is 377 g/mol. The largest absolute Gasteiger partial charge is 0.352 e. The minimum atomic E-state index is -0.292. The summed E-state index contributed by atoms with van der Waals surface area (Å²) in [5.41, 5.74) is 2.42. The Morgan fingerprint density at radius 1 is 1.27 bits per heavy atom. The number of rotatable bonds is 4. The first-order chi connectivity index (χ1) is 12.4. The molecule has 1 saturated heterocycles. The fraction of sp³-hybridized carbons (Fsp3) is 0.619. The molecule has 142 valence electrons. The van der Waals surface area contributed by atoms with Crippen LogP contribution in [0.25, 0.3) is 0 Å². The van der Waals surface area contributed by atoms with E-state index in [4.69, 9.17) is 11.6 Å². The van der Waals surface area contributed by atoms with Gasteiger partial charge < -0.3 is 10.2 Å². The van der Waals surface area contributed by atoms with Gasteiger partial charge in [-0.15, -0.1) is 11.6 Å². The van der Waals surface area contributed by atoms with Crippen molar-refractivity contribution >= 4 is 23.4 Å². The summed E-state index contributed by atoms with van der Waals surface area (Å²) in [6.45, 7) is 5.72. The van der Waals surface area contributed by atoms with Gasteiger partial charge in [0.25, 0.3) is 0 Å². The summed E-state index contributed by atoms with van der Waals surface area (Å²) in [6, 6.07) is 8.60. The smallest absolute Gasteiger partial charge is 0.235 e. The molecule has 0 bridgehead atoms. The van der Waals surface area contributed by atoms with Gasteiger partial charge in [-0.3, -0.25) is 9.59 Å². The molecule has 2 aliphatic rings. The van der Waals surface area contributed by atoms with Crippen molar-refractivity contribution in [1.29, 1.82) is 0 Å². The molecule has 26 heavy (non-hydrogen) atoms. The molecule has 2 unspecified atom stereocenters. The fourth-order valence-corrected chi connectivity index (χ4v) is 4.55. The van der Waals surface area contributed by atoms with E-state index in [1.54, 1.807) is 0 Å². The third kappa shape index (κ3) is 4.06. The number of benzene rings is 1. The minimum Gasteiger partial charge on any atom is -0.352 e. The van der Waals surface area contributed by atoms with E-state index in [9.17, 15) is 9.59 Å². The lowest BCUT2D eigenvalue weighted by Crippen LogP contribution is -2.50. The summed E-state index contributed by atoms with van der Waals surface area (Å²) in [6.07, 6.45) is 4.61. The van der Waals surface area contributed by atoms with E-state index in [0.717, 1.165) is 45.2 Å². The number of alkyl halides is 1. The minimum absolute atomic E-state index is 0.00149. The van der Waals surface area contributed by atoms with E-state index < -0.39 is 0 Å². The molecular formula is C21H29ClN2O2. The lowest BCUT2D eigenvalue weighted by atomic mass is 9.71. The molecule has 4 nitrogen and oxygen atoms in total. The van der Waals surface area contributed by atoms with Crippen LogP contribution in [0.1, 0.15) is 44.2 Å². The first-order valence-corrected chi connectivity index (χ1v) is 10.2. The number of halogens is 1. The molecular weight excluding hydrogens is 348 g/mol. The Labute approximate surface area is 161 Å². The van der Waals surface area contributed by atoms with Crippen molar-refractivity contribution in [2.24, 2.45) is 11.3 Å². The van der Waals surface area contributed by atoms with Crippen molar-refractivity contribution < 1.29 is 9.59 Å². The van der Waals surface area contributed by atoms with Gasteiger partial charge in [0.2, 0.25) is 11.8 Å². The number of nitrogens with one attached hydrogen (secondary N) is 1. The number of carbonyl (C=O) groups is 2. The van der Waals surface area contributed by atoms with Crippen LogP contribution in [0.3, 0.4) is 0 Å². The number of hydrogen-bond donors (Lipinski definition) is 1. The second-order valence-electron chi connectivity index (χ2n) is 8.13. The highest BCUT2D eigenvalue weighted by atomic mass is 35.5. The maximum Gasteiger partial charge on any atom is 0.235 e. The van der Waals surface area contributed by atoms with Gasteiger partial charge in [-0.1, -0.05) is 31.2 Å². The number of amides is 2. The Balaban J connectivity index is 1.58. The van der Waals surface area contributed by atoms with Crippen LogP contribution in [0.5, 0.6) is 0 Å². The molecule has 5 heteroatoms. The molecule has 0 saturated carbocycles. The van der Waals surface area contributed by atoms with Crippen LogP contribution in [-0.2, 0) is 22.4 Å². The normalized spacial score (nSPS) is 24.7. The van der Waals surface area contributed by atoms with Crippen LogP contribution in [0, 0.1) is 11.3 Å². The highest BCUT2D eigenvalue weighted by molar-refractivity contribution is 6.27. The summed E-state index contributed by atoms with van der Waals surface area (Å²) in [7, 11) is 0. The predicted molar refractivity (Wildman–Crippen MR) is 104 cm³/mol. The first-order valence-electron chi connectivity index (χ1n) is 9.64. The van der Waals surface area contributed by atoms with Gasteiger partial charge in [-0.2, -0.15) is 0 Å².